The summed E-state index contributed by atoms with van der Waals surface area (Å²) in [7, 11) is 0. The van der Waals surface area contributed by atoms with Crippen LogP contribution in [0.25, 0.3) is 0 Å². The Labute approximate surface area is 76.2 Å². The minimum absolute atomic E-state index is 0.0452. The molecule has 0 unspecified atom stereocenters. The van der Waals surface area contributed by atoms with Crippen LogP contribution < -0.4 is 0 Å². The van der Waals surface area contributed by atoms with Crippen LogP contribution in [0.3, 0.4) is 0 Å². The summed E-state index contributed by atoms with van der Waals surface area (Å²) in [6, 6.07) is 2.94. The number of nitrogens with zero attached hydrogens (tertiary/aromatic N) is 1. The molecule has 1 rings (SSSR count). The van der Waals surface area contributed by atoms with E-state index in [1.807, 2.05) is 0 Å². The maximum Gasteiger partial charge on any atom is 0.361 e. The lowest BCUT2D eigenvalue weighted by molar-refractivity contribution is 0.0367. The molecule has 13 heavy (non-hydrogen) atoms. The molecule has 4 heteroatoms. The molecular weight excluding hydrogens is 170 g/mol. The molecule has 0 spiro atoms. The van der Waals surface area contributed by atoms with Gasteiger partial charge in [-0.15, -0.1) is 0 Å². The van der Waals surface area contributed by atoms with E-state index in [0.717, 1.165) is 0 Å². The zero-order valence-corrected chi connectivity index (χ0v) is 7.52. The normalized spacial score (nSPS) is 10.1. The van der Waals surface area contributed by atoms with Crippen LogP contribution in [0.2, 0.25) is 0 Å². The van der Waals surface area contributed by atoms with Crippen LogP contribution >= 0.6 is 0 Å². The number of hydrogen-bond donors (Lipinski definition) is 1. The number of ether oxygens (including phenoxy) is 1. The summed E-state index contributed by atoms with van der Waals surface area (Å²) in [5.41, 5.74) is -0.0452. The summed E-state index contributed by atoms with van der Waals surface area (Å²) in [4.78, 5) is 14.9. The highest BCUT2D eigenvalue weighted by atomic mass is 16.5. The molecule has 0 fully saturated rings. The smallest absolute Gasteiger partial charge is 0.361 e. The quantitative estimate of drug-likeness (QED) is 0.699. The third kappa shape index (κ3) is 2.43. The van der Waals surface area contributed by atoms with E-state index in [4.69, 9.17) is 4.74 Å². The highest BCUT2D eigenvalue weighted by Gasteiger charge is 2.14. The van der Waals surface area contributed by atoms with Gasteiger partial charge in [-0.3, -0.25) is 0 Å². The predicted molar refractivity (Wildman–Crippen MR) is 46.5 cm³/mol. The van der Waals surface area contributed by atoms with Crippen LogP contribution in [0.1, 0.15) is 24.3 Å². The summed E-state index contributed by atoms with van der Waals surface area (Å²) in [6.07, 6.45) is 1.21. The topological polar surface area (TPSA) is 59.4 Å². The minimum atomic E-state index is -0.604. The molecule has 0 saturated carbocycles. The second-order valence-electron chi connectivity index (χ2n) is 2.83. The van der Waals surface area contributed by atoms with Gasteiger partial charge in [0.1, 0.15) is 5.75 Å². The van der Waals surface area contributed by atoms with Crippen molar-refractivity contribution in [2.45, 2.75) is 20.0 Å². The second kappa shape index (κ2) is 3.89. The Morgan fingerprint density at radius 1 is 1.62 bits per heavy atom. The summed E-state index contributed by atoms with van der Waals surface area (Å²) in [5, 5.41) is 9.23. The van der Waals surface area contributed by atoms with Crippen LogP contribution in [0.5, 0.6) is 5.75 Å². The molecule has 1 N–H and O–H groups in total. The molecule has 1 aromatic rings. The molecule has 0 aliphatic carbocycles. The zero-order chi connectivity index (χ0) is 9.84. The molecule has 0 radical (unpaired) electrons. The molecule has 0 saturated heterocycles. The Morgan fingerprint density at radius 2 is 2.31 bits per heavy atom. The molecule has 1 aromatic heterocycles. The number of aromatic hydroxyl groups is 1. The van der Waals surface area contributed by atoms with Crippen LogP contribution in [0.15, 0.2) is 18.3 Å². The number of carbonyl (C=O) groups excluding carboxylic acids is 1. The van der Waals surface area contributed by atoms with Crippen molar-refractivity contribution < 1.29 is 14.6 Å². The van der Waals surface area contributed by atoms with Gasteiger partial charge in [0.2, 0.25) is 0 Å². The fourth-order valence-corrected chi connectivity index (χ4v) is 0.824. The second-order valence-corrected chi connectivity index (χ2v) is 2.83. The first-order chi connectivity index (χ1) is 6.11. The number of carbonyl (C=O) groups is 1. The molecule has 0 aliphatic rings. The molecule has 1 heterocycles. The maximum absolute atomic E-state index is 11.2. The summed E-state index contributed by atoms with van der Waals surface area (Å²) < 4.78 is 4.86. The molecule has 0 atom stereocenters. The molecule has 0 bridgehead atoms. The number of hydrogen-bond acceptors (Lipinski definition) is 4. The highest BCUT2D eigenvalue weighted by Crippen LogP contribution is 2.14. The van der Waals surface area contributed by atoms with Crippen molar-refractivity contribution in [1.82, 2.24) is 4.98 Å². The largest absolute Gasteiger partial charge is 0.505 e. The minimum Gasteiger partial charge on any atom is -0.505 e. The Morgan fingerprint density at radius 3 is 2.85 bits per heavy atom. The third-order valence-corrected chi connectivity index (χ3v) is 1.32. The van der Waals surface area contributed by atoms with Crippen molar-refractivity contribution in [3.05, 3.63) is 24.0 Å². The van der Waals surface area contributed by atoms with Gasteiger partial charge < -0.3 is 9.84 Å². The zero-order valence-electron chi connectivity index (χ0n) is 7.52. The van der Waals surface area contributed by atoms with Gasteiger partial charge in [-0.25, -0.2) is 9.78 Å². The first-order valence-corrected chi connectivity index (χ1v) is 3.96. The highest BCUT2D eigenvalue weighted by molar-refractivity contribution is 5.90. The van der Waals surface area contributed by atoms with E-state index >= 15 is 0 Å². The fourth-order valence-electron chi connectivity index (χ4n) is 0.824. The summed E-state index contributed by atoms with van der Waals surface area (Å²) in [5.74, 6) is -0.763. The van der Waals surface area contributed by atoms with Gasteiger partial charge in [0.15, 0.2) is 5.69 Å². The number of pyridine rings is 1. The first-order valence-electron chi connectivity index (χ1n) is 3.96. The molecule has 0 aliphatic heterocycles. The van der Waals surface area contributed by atoms with E-state index in [-0.39, 0.29) is 17.5 Å². The van der Waals surface area contributed by atoms with E-state index in [2.05, 4.69) is 4.98 Å². The first kappa shape index (κ1) is 9.51. The van der Waals surface area contributed by atoms with Crippen molar-refractivity contribution >= 4 is 5.97 Å². The van der Waals surface area contributed by atoms with Gasteiger partial charge in [0.25, 0.3) is 0 Å². The monoisotopic (exact) mass is 181 g/mol. The van der Waals surface area contributed by atoms with E-state index in [9.17, 15) is 9.90 Å². The van der Waals surface area contributed by atoms with Gasteiger partial charge in [-0.1, -0.05) is 0 Å². The lowest BCUT2D eigenvalue weighted by Crippen LogP contribution is -2.12. The van der Waals surface area contributed by atoms with E-state index in [0.29, 0.717) is 0 Å². The number of rotatable bonds is 2. The van der Waals surface area contributed by atoms with E-state index in [1.54, 1.807) is 19.9 Å². The van der Waals surface area contributed by atoms with Gasteiger partial charge >= 0.3 is 5.97 Å². The maximum atomic E-state index is 11.2. The molecule has 0 aromatic carbocycles. The molecule has 4 nitrogen and oxygen atoms in total. The van der Waals surface area contributed by atoms with Gasteiger partial charge in [-0.2, -0.15) is 0 Å². The third-order valence-electron chi connectivity index (χ3n) is 1.32. The van der Waals surface area contributed by atoms with Crippen molar-refractivity contribution in [2.24, 2.45) is 0 Å². The van der Waals surface area contributed by atoms with Crippen LogP contribution in [0, 0.1) is 0 Å². The standard InChI is InChI=1S/C9H11NO3/c1-6(2)13-9(12)8-7(11)4-3-5-10-8/h3-6,11H,1-2H3. The molecule has 0 amide bonds. The van der Waals surface area contributed by atoms with Gasteiger partial charge in [0, 0.05) is 6.20 Å². The van der Waals surface area contributed by atoms with E-state index in [1.165, 1.54) is 12.3 Å². The predicted octanol–water partition coefficient (Wildman–Crippen LogP) is 1.35. The summed E-state index contributed by atoms with van der Waals surface area (Å²) >= 11 is 0. The molecular formula is C9H11NO3. The molecule has 70 valence electrons. The van der Waals surface area contributed by atoms with Crippen molar-refractivity contribution in [3.63, 3.8) is 0 Å². The SMILES string of the molecule is CC(C)OC(=O)c1ncccc1O. The Balaban J connectivity index is 2.83. The summed E-state index contributed by atoms with van der Waals surface area (Å²) in [6.45, 7) is 3.47. The van der Waals surface area contributed by atoms with Crippen molar-refractivity contribution in [2.75, 3.05) is 0 Å². The average molecular weight is 181 g/mol. The van der Waals surface area contributed by atoms with Crippen LogP contribution in [-0.2, 0) is 4.74 Å². The Bertz CT molecular complexity index is 309. The van der Waals surface area contributed by atoms with Crippen LogP contribution in [0.4, 0.5) is 0 Å². The number of esters is 1. The Hall–Kier alpha value is -1.58. The van der Waals surface area contributed by atoms with Gasteiger partial charge in [0.05, 0.1) is 6.10 Å². The number of aromatic nitrogens is 1. The lowest BCUT2D eigenvalue weighted by Gasteiger charge is -2.07. The average Bonchev–Trinajstić information content (AvgIpc) is 2.03. The van der Waals surface area contributed by atoms with Gasteiger partial charge in [-0.05, 0) is 26.0 Å². The van der Waals surface area contributed by atoms with E-state index < -0.39 is 5.97 Å². The Kier molecular flexibility index (Phi) is 2.84. The van der Waals surface area contributed by atoms with Crippen molar-refractivity contribution in [3.8, 4) is 5.75 Å². The lowest BCUT2D eigenvalue weighted by atomic mass is 10.3. The van der Waals surface area contributed by atoms with Crippen LogP contribution in [-0.4, -0.2) is 22.2 Å². The van der Waals surface area contributed by atoms with Crippen molar-refractivity contribution in [1.29, 1.82) is 0 Å². The fraction of sp³-hybridized carbons (Fsp3) is 0.333.